The SMILES string of the molecule is COc1cc(C[C@H]2COC(=O)[C@]2(C)Cc2ccc(O)c(OC)c2)ccc1O. The van der Waals surface area contributed by atoms with E-state index in [4.69, 9.17) is 14.2 Å². The van der Waals surface area contributed by atoms with Crippen molar-refractivity contribution in [2.45, 2.75) is 19.8 Å². The summed E-state index contributed by atoms with van der Waals surface area (Å²) in [6.07, 6.45) is 1.09. The van der Waals surface area contributed by atoms with Crippen molar-refractivity contribution in [3.63, 3.8) is 0 Å². The number of phenols is 2. The predicted octanol–water partition coefficient (Wildman–Crippen LogP) is 3.08. The number of methoxy groups -OCH3 is 2. The Bertz CT molecular complexity index is 847. The summed E-state index contributed by atoms with van der Waals surface area (Å²) in [5, 5.41) is 19.6. The van der Waals surface area contributed by atoms with E-state index in [0.717, 1.165) is 11.1 Å². The Labute approximate surface area is 158 Å². The number of ether oxygens (including phenoxy) is 3. The van der Waals surface area contributed by atoms with Crippen LogP contribution in [-0.2, 0) is 22.4 Å². The number of esters is 1. The van der Waals surface area contributed by atoms with Gasteiger partial charge in [0.1, 0.15) is 0 Å². The van der Waals surface area contributed by atoms with Gasteiger partial charge < -0.3 is 24.4 Å². The van der Waals surface area contributed by atoms with Gasteiger partial charge in [-0.2, -0.15) is 0 Å². The number of hydrogen-bond donors (Lipinski definition) is 2. The monoisotopic (exact) mass is 372 g/mol. The van der Waals surface area contributed by atoms with Crippen LogP contribution in [0.15, 0.2) is 36.4 Å². The molecule has 144 valence electrons. The van der Waals surface area contributed by atoms with Crippen molar-refractivity contribution in [3.05, 3.63) is 47.5 Å². The maximum absolute atomic E-state index is 12.5. The van der Waals surface area contributed by atoms with Gasteiger partial charge in [-0.15, -0.1) is 0 Å². The van der Waals surface area contributed by atoms with Gasteiger partial charge in [-0.1, -0.05) is 12.1 Å². The van der Waals surface area contributed by atoms with Crippen molar-refractivity contribution in [2.75, 3.05) is 20.8 Å². The third-order valence-electron chi connectivity index (χ3n) is 5.32. The lowest BCUT2D eigenvalue weighted by Gasteiger charge is -2.27. The molecular formula is C21H24O6. The van der Waals surface area contributed by atoms with E-state index in [1.165, 1.54) is 14.2 Å². The van der Waals surface area contributed by atoms with Gasteiger partial charge in [0.05, 0.1) is 26.2 Å². The lowest BCUT2D eigenvalue weighted by molar-refractivity contribution is -0.145. The lowest BCUT2D eigenvalue weighted by Crippen LogP contribution is -2.33. The van der Waals surface area contributed by atoms with E-state index < -0.39 is 5.41 Å². The summed E-state index contributed by atoms with van der Waals surface area (Å²) >= 11 is 0. The van der Waals surface area contributed by atoms with Crippen LogP contribution in [0.4, 0.5) is 0 Å². The summed E-state index contributed by atoms with van der Waals surface area (Å²) in [4.78, 5) is 12.5. The molecule has 2 aromatic rings. The Kier molecular flexibility index (Phi) is 5.17. The Balaban J connectivity index is 1.84. The Morgan fingerprint density at radius 3 is 2.19 bits per heavy atom. The molecule has 1 aliphatic heterocycles. The summed E-state index contributed by atoms with van der Waals surface area (Å²) < 4.78 is 15.7. The number of rotatable bonds is 6. The fraction of sp³-hybridized carbons (Fsp3) is 0.381. The topological polar surface area (TPSA) is 85.2 Å². The summed E-state index contributed by atoms with van der Waals surface area (Å²) in [5.41, 5.74) is 1.15. The molecule has 6 heteroatoms. The van der Waals surface area contributed by atoms with Gasteiger partial charge in [0, 0.05) is 5.92 Å². The fourth-order valence-electron chi connectivity index (χ4n) is 3.58. The van der Waals surface area contributed by atoms with Gasteiger partial charge in [0.15, 0.2) is 23.0 Å². The third kappa shape index (κ3) is 3.65. The molecule has 0 amide bonds. The van der Waals surface area contributed by atoms with Crippen LogP contribution in [0, 0.1) is 11.3 Å². The van der Waals surface area contributed by atoms with Gasteiger partial charge in [-0.25, -0.2) is 0 Å². The van der Waals surface area contributed by atoms with Gasteiger partial charge in [0.2, 0.25) is 0 Å². The van der Waals surface area contributed by atoms with E-state index in [9.17, 15) is 15.0 Å². The minimum atomic E-state index is -0.701. The van der Waals surface area contributed by atoms with Gasteiger partial charge in [0.25, 0.3) is 0 Å². The van der Waals surface area contributed by atoms with E-state index in [-0.39, 0.29) is 23.4 Å². The first-order valence-electron chi connectivity index (χ1n) is 8.76. The number of carbonyl (C=O) groups is 1. The highest BCUT2D eigenvalue weighted by Crippen LogP contribution is 2.42. The molecule has 0 unspecified atom stereocenters. The van der Waals surface area contributed by atoms with Gasteiger partial charge in [-0.3, -0.25) is 4.79 Å². The molecule has 1 aliphatic rings. The molecule has 0 bridgehead atoms. The van der Waals surface area contributed by atoms with Crippen molar-refractivity contribution in [1.82, 2.24) is 0 Å². The van der Waals surface area contributed by atoms with E-state index in [1.54, 1.807) is 30.3 Å². The molecule has 0 spiro atoms. The molecular weight excluding hydrogens is 348 g/mol. The van der Waals surface area contributed by atoms with Crippen molar-refractivity contribution >= 4 is 5.97 Å². The average molecular weight is 372 g/mol. The molecule has 3 rings (SSSR count). The first-order valence-corrected chi connectivity index (χ1v) is 8.76. The first kappa shape index (κ1) is 18.9. The van der Waals surface area contributed by atoms with E-state index in [2.05, 4.69) is 0 Å². The zero-order valence-electron chi connectivity index (χ0n) is 15.7. The second-order valence-electron chi connectivity index (χ2n) is 7.11. The van der Waals surface area contributed by atoms with Crippen LogP contribution in [0.2, 0.25) is 0 Å². The smallest absolute Gasteiger partial charge is 0.312 e. The predicted molar refractivity (Wildman–Crippen MR) is 99.3 cm³/mol. The number of aromatic hydroxyl groups is 2. The molecule has 1 fully saturated rings. The molecule has 0 aromatic heterocycles. The number of benzene rings is 2. The number of carbonyl (C=O) groups excluding carboxylic acids is 1. The van der Waals surface area contributed by atoms with Crippen molar-refractivity contribution in [1.29, 1.82) is 0 Å². The lowest BCUT2D eigenvalue weighted by atomic mass is 9.72. The molecule has 27 heavy (non-hydrogen) atoms. The standard InChI is InChI=1S/C21H24O6/c1-21(11-14-5-7-17(23)19(10-14)26-3)15(12-27-20(21)24)8-13-4-6-16(22)18(9-13)25-2/h4-7,9-10,15,22-23H,8,11-12H2,1-3H3/t15-,21+/m0/s1. The van der Waals surface area contributed by atoms with Crippen LogP contribution in [0.25, 0.3) is 0 Å². The minimum absolute atomic E-state index is 0.0287. The zero-order chi connectivity index (χ0) is 19.6. The van der Waals surface area contributed by atoms with Crippen LogP contribution in [-0.4, -0.2) is 37.0 Å². The van der Waals surface area contributed by atoms with Crippen molar-refractivity contribution < 1.29 is 29.2 Å². The summed E-state index contributed by atoms with van der Waals surface area (Å²) in [7, 11) is 2.99. The van der Waals surface area contributed by atoms with Crippen LogP contribution in [0.1, 0.15) is 18.1 Å². The van der Waals surface area contributed by atoms with E-state index in [1.807, 2.05) is 13.0 Å². The third-order valence-corrected chi connectivity index (χ3v) is 5.32. The highest BCUT2D eigenvalue weighted by Gasteiger charge is 2.48. The second-order valence-corrected chi connectivity index (χ2v) is 7.11. The highest BCUT2D eigenvalue weighted by atomic mass is 16.5. The van der Waals surface area contributed by atoms with Crippen LogP contribution >= 0.6 is 0 Å². The summed E-state index contributed by atoms with van der Waals surface area (Å²) in [6.45, 7) is 2.25. The fourth-order valence-corrected chi connectivity index (χ4v) is 3.58. The Morgan fingerprint density at radius 1 is 1.04 bits per heavy atom. The summed E-state index contributed by atoms with van der Waals surface area (Å²) in [6, 6.07) is 10.3. The van der Waals surface area contributed by atoms with Crippen LogP contribution < -0.4 is 9.47 Å². The van der Waals surface area contributed by atoms with Crippen LogP contribution in [0.3, 0.4) is 0 Å². The maximum atomic E-state index is 12.5. The Hall–Kier alpha value is -2.89. The number of phenolic OH excluding ortho intramolecular Hbond substituents is 2. The first-order chi connectivity index (χ1) is 12.9. The largest absolute Gasteiger partial charge is 0.504 e. The average Bonchev–Trinajstić information content (AvgIpc) is 2.92. The minimum Gasteiger partial charge on any atom is -0.504 e. The molecule has 6 nitrogen and oxygen atoms in total. The van der Waals surface area contributed by atoms with Crippen molar-refractivity contribution in [2.24, 2.45) is 11.3 Å². The normalized spacial score (nSPS) is 21.7. The molecule has 0 aliphatic carbocycles. The van der Waals surface area contributed by atoms with Gasteiger partial charge >= 0.3 is 5.97 Å². The Morgan fingerprint density at radius 2 is 1.59 bits per heavy atom. The molecule has 2 aromatic carbocycles. The maximum Gasteiger partial charge on any atom is 0.312 e. The summed E-state index contributed by atoms with van der Waals surface area (Å²) in [5.74, 6) is 0.668. The van der Waals surface area contributed by atoms with Gasteiger partial charge in [-0.05, 0) is 55.2 Å². The molecule has 0 saturated carbocycles. The molecule has 1 heterocycles. The molecule has 0 radical (unpaired) electrons. The van der Waals surface area contributed by atoms with Crippen LogP contribution in [0.5, 0.6) is 23.0 Å². The molecule has 1 saturated heterocycles. The molecule has 2 atom stereocenters. The number of hydrogen-bond acceptors (Lipinski definition) is 6. The number of cyclic esters (lactones) is 1. The molecule has 2 N–H and O–H groups in total. The van der Waals surface area contributed by atoms with E-state index in [0.29, 0.717) is 30.9 Å². The van der Waals surface area contributed by atoms with E-state index >= 15 is 0 Å². The quantitative estimate of drug-likeness (QED) is 0.758. The zero-order valence-corrected chi connectivity index (χ0v) is 15.7. The second kappa shape index (κ2) is 7.39. The van der Waals surface area contributed by atoms with Crippen molar-refractivity contribution in [3.8, 4) is 23.0 Å². The highest BCUT2D eigenvalue weighted by molar-refractivity contribution is 5.79.